The number of hydrogen-bond donors (Lipinski definition) is 2. The number of piperidine rings is 1. The molecule has 0 bridgehead atoms. The number of aliphatic hydroxyl groups is 1. The number of aliphatic hydroxyl groups excluding tert-OH is 1. The zero-order valence-electron chi connectivity index (χ0n) is 16.1. The van der Waals surface area contributed by atoms with Crippen molar-refractivity contribution in [3.63, 3.8) is 0 Å². The second-order valence-corrected chi connectivity index (χ2v) is 9.06. The molecule has 6 nitrogen and oxygen atoms in total. The second-order valence-electron chi connectivity index (χ2n) is 9.06. The molecule has 2 aliphatic heterocycles. The zero-order valence-corrected chi connectivity index (χ0v) is 16.1. The fourth-order valence-electron chi connectivity index (χ4n) is 6.31. The predicted octanol–water partition coefficient (Wildman–Crippen LogP) is 2.08. The van der Waals surface area contributed by atoms with E-state index in [1.807, 2.05) is 0 Å². The van der Waals surface area contributed by atoms with E-state index in [2.05, 4.69) is 16.7 Å². The number of amides is 1. The Labute approximate surface area is 157 Å². The molecule has 4 rings (SSSR count). The average Bonchev–Trinajstić information content (AvgIpc) is 3.35. The summed E-state index contributed by atoms with van der Waals surface area (Å²) in [5.74, 6) is 0.653. The van der Waals surface area contributed by atoms with Crippen LogP contribution in [-0.2, 0) is 0 Å². The molecule has 0 aromatic carbocycles. The van der Waals surface area contributed by atoms with Gasteiger partial charge in [0.15, 0.2) is 0 Å². The molecule has 26 heavy (non-hydrogen) atoms. The van der Waals surface area contributed by atoms with Crippen molar-refractivity contribution < 1.29 is 15.0 Å². The third-order valence-corrected chi connectivity index (χ3v) is 7.77. The lowest BCUT2D eigenvalue weighted by atomic mass is 9.54. The lowest BCUT2D eigenvalue weighted by molar-refractivity contribution is -0.0830. The summed E-state index contributed by atoms with van der Waals surface area (Å²) in [5.41, 5.74) is 0.256. The van der Waals surface area contributed by atoms with Gasteiger partial charge in [-0.3, -0.25) is 9.80 Å². The van der Waals surface area contributed by atoms with E-state index in [0.29, 0.717) is 18.0 Å². The van der Waals surface area contributed by atoms with Crippen LogP contribution in [0, 0.1) is 11.3 Å². The lowest BCUT2D eigenvalue weighted by Gasteiger charge is -2.58. The van der Waals surface area contributed by atoms with Crippen molar-refractivity contribution in [2.24, 2.45) is 11.3 Å². The van der Waals surface area contributed by atoms with Gasteiger partial charge in [0.2, 0.25) is 0 Å². The van der Waals surface area contributed by atoms with E-state index in [0.717, 1.165) is 38.5 Å². The summed E-state index contributed by atoms with van der Waals surface area (Å²) in [6.45, 7) is 7.20. The van der Waals surface area contributed by atoms with Gasteiger partial charge in [-0.1, -0.05) is 13.3 Å². The van der Waals surface area contributed by atoms with Crippen LogP contribution in [0.2, 0.25) is 0 Å². The van der Waals surface area contributed by atoms with Crippen molar-refractivity contribution in [1.82, 2.24) is 14.7 Å². The van der Waals surface area contributed by atoms with Gasteiger partial charge in [-0.2, -0.15) is 0 Å². The first-order valence-corrected chi connectivity index (χ1v) is 10.7. The number of likely N-dealkylation sites (tertiary alicyclic amines) is 2. The number of nitrogens with zero attached hydrogens (tertiary/aromatic N) is 3. The summed E-state index contributed by atoms with van der Waals surface area (Å²) in [7, 11) is 0. The summed E-state index contributed by atoms with van der Waals surface area (Å²) in [5, 5.41) is 18.7. The Balaban J connectivity index is 1.32. The molecular formula is C20H35N3O3. The summed E-state index contributed by atoms with van der Waals surface area (Å²) in [6, 6.07) is 2.03. The van der Waals surface area contributed by atoms with E-state index in [1.54, 1.807) is 4.90 Å². The average molecular weight is 366 g/mol. The summed E-state index contributed by atoms with van der Waals surface area (Å²) in [4.78, 5) is 18.2. The Kier molecular flexibility index (Phi) is 5.19. The molecule has 6 heteroatoms. The smallest absolute Gasteiger partial charge is 0.407 e. The minimum absolute atomic E-state index is 0.256. The van der Waals surface area contributed by atoms with E-state index in [4.69, 9.17) is 0 Å². The Morgan fingerprint density at radius 2 is 1.85 bits per heavy atom. The van der Waals surface area contributed by atoms with Gasteiger partial charge >= 0.3 is 6.09 Å². The van der Waals surface area contributed by atoms with Gasteiger partial charge < -0.3 is 15.1 Å². The first kappa shape index (κ1) is 18.5. The number of rotatable bonds is 6. The fraction of sp³-hybridized carbons (Fsp3) is 0.950. The number of carboxylic acid groups (broad SMARTS) is 1. The number of hydrogen-bond acceptors (Lipinski definition) is 4. The molecule has 2 aliphatic carbocycles. The maximum absolute atomic E-state index is 11.3. The van der Waals surface area contributed by atoms with Gasteiger partial charge in [-0.15, -0.1) is 0 Å². The number of carbonyl (C=O) groups is 1. The van der Waals surface area contributed by atoms with Crippen molar-refractivity contribution >= 4 is 6.09 Å². The van der Waals surface area contributed by atoms with E-state index in [1.165, 1.54) is 45.2 Å². The van der Waals surface area contributed by atoms with E-state index in [9.17, 15) is 15.0 Å². The second kappa shape index (κ2) is 7.28. The van der Waals surface area contributed by atoms with Gasteiger partial charge in [-0.05, 0) is 62.9 Å². The summed E-state index contributed by atoms with van der Waals surface area (Å²) >= 11 is 0. The molecule has 3 atom stereocenters. The maximum Gasteiger partial charge on any atom is 0.407 e. The quantitative estimate of drug-likeness (QED) is 0.754. The van der Waals surface area contributed by atoms with Crippen molar-refractivity contribution in [3.05, 3.63) is 0 Å². The minimum atomic E-state index is -0.745. The van der Waals surface area contributed by atoms with Crippen LogP contribution in [-0.4, -0.2) is 88.5 Å². The molecular weight excluding hydrogens is 330 g/mol. The van der Waals surface area contributed by atoms with Crippen LogP contribution >= 0.6 is 0 Å². The highest BCUT2D eigenvalue weighted by atomic mass is 16.4. The summed E-state index contributed by atoms with van der Waals surface area (Å²) in [6.07, 6.45) is 7.71. The molecule has 0 aromatic heterocycles. The Morgan fingerprint density at radius 1 is 1.15 bits per heavy atom. The molecule has 0 aromatic rings. The lowest BCUT2D eigenvalue weighted by Crippen LogP contribution is -2.62. The maximum atomic E-state index is 11.3. The molecule has 4 aliphatic rings. The van der Waals surface area contributed by atoms with Crippen LogP contribution < -0.4 is 0 Å². The summed E-state index contributed by atoms with van der Waals surface area (Å²) < 4.78 is 0. The minimum Gasteiger partial charge on any atom is -0.465 e. The zero-order chi connectivity index (χ0) is 18.3. The van der Waals surface area contributed by atoms with Gasteiger partial charge in [-0.25, -0.2) is 4.79 Å². The molecule has 2 saturated carbocycles. The van der Waals surface area contributed by atoms with Crippen LogP contribution in [0.4, 0.5) is 4.79 Å². The SMILES string of the molecule is CCC1C(N2CCC(N(CCO)C3CC3)CC2)CC12CCN(C(=O)O)C2. The Morgan fingerprint density at radius 3 is 2.38 bits per heavy atom. The third kappa shape index (κ3) is 3.25. The van der Waals surface area contributed by atoms with Crippen LogP contribution in [0.1, 0.15) is 51.9 Å². The highest BCUT2D eigenvalue weighted by Crippen LogP contribution is 2.56. The van der Waals surface area contributed by atoms with Crippen molar-refractivity contribution in [2.75, 3.05) is 39.3 Å². The van der Waals surface area contributed by atoms with Crippen molar-refractivity contribution in [1.29, 1.82) is 0 Å². The third-order valence-electron chi connectivity index (χ3n) is 7.77. The Bertz CT molecular complexity index is 518. The largest absolute Gasteiger partial charge is 0.465 e. The van der Waals surface area contributed by atoms with Crippen molar-refractivity contribution in [2.45, 2.75) is 70.0 Å². The predicted molar refractivity (Wildman–Crippen MR) is 100 cm³/mol. The van der Waals surface area contributed by atoms with Gasteiger partial charge in [0.25, 0.3) is 0 Å². The van der Waals surface area contributed by atoms with Gasteiger partial charge in [0, 0.05) is 37.8 Å². The van der Waals surface area contributed by atoms with E-state index >= 15 is 0 Å². The standard InChI is InChI=1S/C20H35N3O3/c1-2-17-18(13-20(17)7-10-22(14-20)19(25)26)21-8-5-16(6-9-21)23(11-12-24)15-3-4-15/h15-18,24H,2-14H2,1H3,(H,25,26). The molecule has 1 spiro atoms. The molecule has 1 amide bonds. The fourth-order valence-corrected chi connectivity index (χ4v) is 6.31. The first-order chi connectivity index (χ1) is 12.6. The van der Waals surface area contributed by atoms with Crippen LogP contribution in [0.3, 0.4) is 0 Å². The van der Waals surface area contributed by atoms with Crippen LogP contribution in [0.5, 0.6) is 0 Å². The van der Waals surface area contributed by atoms with Crippen molar-refractivity contribution in [3.8, 4) is 0 Å². The van der Waals surface area contributed by atoms with Gasteiger partial charge in [0.05, 0.1) is 6.61 Å². The molecule has 2 saturated heterocycles. The monoisotopic (exact) mass is 365 g/mol. The molecule has 4 fully saturated rings. The normalized spacial score (nSPS) is 36.0. The highest BCUT2D eigenvalue weighted by Gasteiger charge is 2.58. The Hall–Kier alpha value is -0.850. The van der Waals surface area contributed by atoms with Crippen LogP contribution in [0.25, 0.3) is 0 Å². The van der Waals surface area contributed by atoms with E-state index < -0.39 is 6.09 Å². The molecule has 2 heterocycles. The van der Waals surface area contributed by atoms with Crippen LogP contribution in [0.15, 0.2) is 0 Å². The molecule has 2 N–H and O–H groups in total. The molecule has 148 valence electrons. The van der Waals surface area contributed by atoms with E-state index in [-0.39, 0.29) is 12.0 Å². The molecule has 3 unspecified atom stereocenters. The molecule has 0 radical (unpaired) electrons. The van der Waals surface area contributed by atoms with Gasteiger partial charge in [0.1, 0.15) is 0 Å². The topological polar surface area (TPSA) is 67.2 Å². The highest BCUT2D eigenvalue weighted by molar-refractivity contribution is 5.65. The first-order valence-electron chi connectivity index (χ1n) is 10.7.